The predicted octanol–water partition coefficient (Wildman–Crippen LogP) is 4.76. The predicted molar refractivity (Wildman–Crippen MR) is 87.0 cm³/mol. The lowest BCUT2D eigenvalue weighted by Gasteiger charge is -2.05. The Kier molecular flexibility index (Phi) is 3.92. The molecule has 118 valence electrons. The molecule has 0 aliphatic carbocycles. The van der Waals surface area contributed by atoms with E-state index in [2.05, 4.69) is 4.98 Å². The Morgan fingerprint density at radius 1 is 1.35 bits per heavy atom. The van der Waals surface area contributed by atoms with E-state index in [1.807, 2.05) is 6.92 Å². The fourth-order valence-corrected chi connectivity index (χ4v) is 2.55. The topological polar surface area (TPSA) is 78.4 Å². The first-order valence-corrected chi connectivity index (χ1v) is 7.35. The first-order valence-electron chi connectivity index (χ1n) is 6.98. The SMILES string of the molecule is CCOc1ccc(-c2nc3cc([N+](=O)[O-])cc(C)c3o2)cc1Cl. The van der Waals surface area contributed by atoms with E-state index in [-0.39, 0.29) is 5.69 Å². The highest BCUT2D eigenvalue weighted by atomic mass is 35.5. The van der Waals surface area contributed by atoms with Gasteiger partial charge in [-0.25, -0.2) is 4.98 Å². The van der Waals surface area contributed by atoms with Crippen molar-refractivity contribution in [1.82, 2.24) is 4.98 Å². The fourth-order valence-electron chi connectivity index (χ4n) is 2.32. The summed E-state index contributed by atoms with van der Waals surface area (Å²) in [4.78, 5) is 14.8. The Hall–Kier alpha value is -2.60. The maximum Gasteiger partial charge on any atom is 0.272 e. The number of oxazole rings is 1. The Labute approximate surface area is 136 Å². The molecule has 0 N–H and O–H groups in total. The van der Waals surface area contributed by atoms with Crippen molar-refractivity contribution in [1.29, 1.82) is 0 Å². The minimum absolute atomic E-state index is 0.0143. The zero-order valence-corrected chi connectivity index (χ0v) is 13.3. The van der Waals surface area contributed by atoms with Crippen LogP contribution in [0.15, 0.2) is 34.7 Å². The van der Waals surface area contributed by atoms with Crippen molar-refractivity contribution in [2.24, 2.45) is 0 Å². The van der Waals surface area contributed by atoms with Crippen LogP contribution in [0.4, 0.5) is 5.69 Å². The number of nitro groups is 1. The zero-order chi connectivity index (χ0) is 16.6. The van der Waals surface area contributed by atoms with Crippen LogP contribution < -0.4 is 4.74 Å². The van der Waals surface area contributed by atoms with Crippen molar-refractivity contribution >= 4 is 28.4 Å². The molecule has 7 heteroatoms. The molecule has 0 saturated heterocycles. The molecule has 0 fully saturated rings. The Morgan fingerprint density at radius 2 is 2.13 bits per heavy atom. The highest BCUT2D eigenvalue weighted by molar-refractivity contribution is 6.32. The van der Waals surface area contributed by atoms with Crippen LogP contribution >= 0.6 is 11.6 Å². The second-order valence-corrected chi connectivity index (χ2v) is 5.37. The molecule has 2 aromatic carbocycles. The standard InChI is InChI=1S/C16H13ClN2O4/c1-3-22-14-5-4-10(7-12(14)17)16-18-13-8-11(19(20)21)6-9(2)15(13)23-16/h4-8H,3H2,1-2H3. The van der Waals surface area contributed by atoms with Crippen LogP contribution in [0.3, 0.4) is 0 Å². The molecule has 0 atom stereocenters. The normalized spacial score (nSPS) is 10.9. The number of aryl methyl sites for hydroxylation is 1. The smallest absolute Gasteiger partial charge is 0.272 e. The van der Waals surface area contributed by atoms with Crippen LogP contribution in [0.5, 0.6) is 5.75 Å². The molecule has 1 heterocycles. The van der Waals surface area contributed by atoms with Crippen molar-refractivity contribution in [3.05, 3.63) is 51.0 Å². The van der Waals surface area contributed by atoms with Gasteiger partial charge in [-0.2, -0.15) is 0 Å². The third-order valence-electron chi connectivity index (χ3n) is 3.35. The van der Waals surface area contributed by atoms with Gasteiger partial charge in [-0.3, -0.25) is 10.1 Å². The largest absolute Gasteiger partial charge is 0.492 e. The second kappa shape index (κ2) is 5.89. The lowest BCUT2D eigenvalue weighted by atomic mass is 10.2. The van der Waals surface area contributed by atoms with Gasteiger partial charge < -0.3 is 9.15 Å². The van der Waals surface area contributed by atoms with Crippen molar-refractivity contribution in [2.75, 3.05) is 6.61 Å². The third-order valence-corrected chi connectivity index (χ3v) is 3.65. The van der Waals surface area contributed by atoms with Crippen LogP contribution in [0.1, 0.15) is 12.5 Å². The average Bonchev–Trinajstić information content (AvgIpc) is 2.94. The van der Waals surface area contributed by atoms with Crippen LogP contribution in [0.25, 0.3) is 22.6 Å². The van der Waals surface area contributed by atoms with Gasteiger partial charge >= 0.3 is 0 Å². The molecule has 0 saturated carbocycles. The maximum atomic E-state index is 10.9. The van der Waals surface area contributed by atoms with Crippen molar-refractivity contribution < 1.29 is 14.1 Å². The summed E-state index contributed by atoms with van der Waals surface area (Å²) in [5.74, 6) is 0.939. The first-order chi connectivity index (χ1) is 11.0. The first kappa shape index (κ1) is 15.3. The van der Waals surface area contributed by atoms with Gasteiger partial charge in [0, 0.05) is 23.3 Å². The van der Waals surface area contributed by atoms with Gasteiger partial charge in [-0.05, 0) is 32.0 Å². The second-order valence-electron chi connectivity index (χ2n) is 4.97. The van der Waals surface area contributed by atoms with E-state index in [0.29, 0.717) is 45.5 Å². The molecule has 3 aromatic rings. The van der Waals surface area contributed by atoms with Crippen LogP contribution in [-0.2, 0) is 0 Å². The molecule has 0 aliphatic rings. The van der Waals surface area contributed by atoms with Crippen molar-refractivity contribution in [3.8, 4) is 17.2 Å². The average molecular weight is 333 g/mol. The number of nitro benzene ring substituents is 1. The number of hydrogen-bond donors (Lipinski definition) is 0. The Bertz CT molecular complexity index is 904. The molecule has 0 unspecified atom stereocenters. The van der Waals surface area contributed by atoms with Gasteiger partial charge in [0.15, 0.2) is 5.58 Å². The molecule has 0 bridgehead atoms. The van der Waals surface area contributed by atoms with E-state index in [1.165, 1.54) is 12.1 Å². The van der Waals surface area contributed by atoms with Crippen LogP contribution in [-0.4, -0.2) is 16.5 Å². The maximum absolute atomic E-state index is 10.9. The zero-order valence-electron chi connectivity index (χ0n) is 12.5. The van der Waals surface area contributed by atoms with Gasteiger partial charge in [0.05, 0.1) is 16.6 Å². The summed E-state index contributed by atoms with van der Waals surface area (Å²) in [6, 6.07) is 8.08. The molecule has 0 spiro atoms. The Balaban J connectivity index is 2.08. The van der Waals surface area contributed by atoms with E-state index in [4.69, 9.17) is 20.8 Å². The molecule has 23 heavy (non-hydrogen) atoms. The summed E-state index contributed by atoms with van der Waals surface area (Å²) in [6.45, 7) is 4.14. The summed E-state index contributed by atoms with van der Waals surface area (Å²) in [5, 5.41) is 11.4. The number of benzene rings is 2. The number of nitrogens with zero attached hydrogens (tertiary/aromatic N) is 2. The van der Waals surface area contributed by atoms with Crippen LogP contribution in [0.2, 0.25) is 5.02 Å². The number of non-ortho nitro benzene ring substituents is 1. The molecule has 3 rings (SSSR count). The summed E-state index contributed by atoms with van der Waals surface area (Å²) >= 11 is 6.17. The minimum Gasteiger partial charge on any atom is -0.492 e. The molecule has 0 aliphatic heterocycles. The molecular formula is C16H13ClN2O4. The van der Waals surface area contributed by atoms with Gasteiger partial charge in [-0.1, -0.05) is 11.6 Å². The van der Waals surface area contributed by atoms with E-state index in [1.54, 1.807) is 25.1 Å². The van der Waals surface area contributed by atoms with E-state index in [0.717, 1.165) is 0 Å². The molecule has 6 nitrogen and oxygen atoms in total. The van der Waals surface area contributed by atoms with Crippen molar-refractivity contribution in [3.63, 3.8) is 0 Å². The molecule has 0 radical (unpaired) electrons. The Morgan fingerprint density at radius 3 is 2.78 bits per heavy atom. The molecule has 1 aromatic heterocycles. The summed E-state index contributed by atoms with van der Waals surface area (Å²) in [5.41, 5.74) is 2.29. The molecule has 0 amide bonds. The summed E-state index contributed by atoms with van der Waals surface area (Å²) < 4.78 is 11.1. The van der Waals surface area contributed by atoms with Gasteiger partial charge in [0.1, 0.15) is 11.3 Å². The van der Waals surface area contributed by atoms with E-state index >= 15 is 0 Å². The highest BCUT2D eigenvalue weighted by Crippen LogP contribution is 2.33. The number of hydrogen-bond acceptors (Lipinski definition) is 5. The number of aromatic nitrogens is 1. The molecular weight excluding hydrogens is 320 g/mol. The summed E-state index contributed by atoms with van der Waals surface area (Å²) in [7, 11) is 0. The minimum atomic E-state index is -0.450. The van der Waals surface area contributed by atoms with Crippen molar-refractivity contribution in [2.45, 2.75) is 13.8 Å². The number of halogens is 1. The lowest BCUT2D eigenvalue weighted by molar-refractivity contribution is -0.384. The number of rotatable bonds is 4. The van der Waals surface area contributed by atoms with Gasteiger partial charge in [0.2, 0.25) is 5.89 Å². The highest BCUT2D eigenvalue weighted by Gasteiger charge is 2.16. The third kappa shape index (κ3) is 2.85. The summed E-state index contributed by atoms with van der Waals surface area (Å²) in [6.07, 6.45) is 0. The van der Waals surface area contributed by atoms with Crippen LogP contribution in [0, 0.1) is 17.0 Å². The monoisotopic (exact) mass is 332 g/mol. The van der Waals surface area contributed by atoms with Gasteiger partial charge in [0.25, 0.3) is 5.69 Å². The van der Waals surface area contributed by atoms with Gasteiger partial charge in [-0.15, -0.1) is 0 Å². The quantitative estimate of drug-likeness (QED) is 0.508. The number of fused-ring (bicyclic) bond motifs is 1. The van der Waals surface area contributed by atoms with E-state index in [9.17, 15) is 10.1 Å². The lowest BCUT2D eigenvalue weighted by Crippen LogP contribution is -1.92. The van der Waals surface area contributed by atoms with E-state index < -0.39 is 4.92 Å². The fraction of sp³-hybridized carbons (Fsp3) is 0.188. The number of ether oxygens (including phenoxy) is 1.